The van der Waals surface area contributed by atoms with E-state index in [-0.39, 0.29) is 6.79 Å². The van der Waals surface area contributed by atoms with E-state index in [1.165, 1.54) is 0 Å². The van der Waals surface area contributed by atoms with E-state index in [4.69, 9.17) is 14.2 Å². The molecule has 1 N–H and O–H groups in total. The van der Waals surface area contributed by atoms with Crippen molar-refractivity contribution in [2.45, 2.75) is 12.2 Å². The third kappa shape index (κ3) is 1.93. The van der Waals surface area contributed by atoms with Gasteiger partial charge in [-0.05, 0) is 12.1 Å². The first-order valence-electron chi connectivity index (χ1n) is 6.88. The smallest absolute Gasteiger partial charge is 0.231 e. The van der Waals surface area contributed by atoms with Crippen molar-refractivity contribution in [2.24, 2.45) is 11.8 Å². The average molecular weight is 302 g/mol. The van der Waals surface area contributed by atoms with Gasteiger partial charge in [-0.15, -0.1) is 0 Å². The topological polar surface area (TPSA) is 96.9 Å². The Hall–Kier alpha value is -2.54. The van der Waals surface area contributed by atoms with Crippen molar-refractivity contribution >= 4 is 17.6 Å². The minimum atomic E-state index is -1.28. The summed E-state index contributed by atoms with van der Waals surface area (Å²) in [6.07, 6.45) is 2.26. The number of carboxylic acid groups (broad SMARTS) is 1. The zero-order chi connectivity index (χ0) is 15.3. The highest BCUT2D eigenvalue weighted by Gasteiger charge is 2.50. The van der Waals surface area contributed by atoms with Gasteiger partial charge >= 0.3 is 0 Å². The van der Waals surface area contributed by atoms with Crippen molar-refractivity contribution in [2.75, 3.05) is 12.1 Å². The molecule has 114 valence electrons. The molecular formula is C15H12NO6-. The van der Waals surface area contributed by atoms with Crippen LogP contribution in [-0.4, -0.2) is 30.9 Å². The van der Waals surface area contributed by atoms with Crippen LogP contribution in [0.4, 0.5) is 5.69 Å². The molecule has 3 aliphatic rings. The van der Waals surface area contributed by atoms with Crippen LogP contribution in [0.3, 0.4) is 0 Å². The highest BCUT2D eigenvalue weighted by atomic mass is 16.7. The molecule has 4 rings (SSSR count). The van der Waals surface area contributed by atoms with Gasteiger partial charge in [-0.2, -0.15) is 0 Å². The Kier molecular flexibility index (Phi) is 2.83. The van der Waals surface area contributed by atoms with Gasteiger partial charge in [-0.3, -0.25) is 4.79 Å². The number of ether oxygens (including phenoxy) is 3. The number of aliphatic carboxylic acids is 1. The molecule has 0 spiro atoms. The van der Waals surface area contributed by atoms with Gasteiger partial charge in [0.1, 0.15) is 0 Å². The molecule has 7 heteroatoms. The largest absolute Gasteiger partial charge is 0.550 e. The molecule has 1 fully saturated rings. The number of carboxylic acids is 1. The quantitative estimate of drug-likeness (QED) is 0.768. The van der Waals surface area contributed by atoms with Crippen LogP contribution in [0.15, 0.2) is 30.4 Å². The number of carbonyl (C=O) groups is 2. The lowest BCUT2D eigenvalue weighted by molar-refractivity contribution is -0.313. The number of fused-ring (bicyclic) bond motifs is 3. The molecule has 3 aliphatic heterocycles. The summed E-state index contributed by atoms with van der Waals surface area (Å²) in [5.41, 5.74) is 0.512. The fourth-order valence-corrected chi connectivity index (χ4v) is 3.10. The molecule has 1 saturated heterocycles. The Morgan fingerprint density at radius 2 is 1.82 bits per heavy atom. The highest BCUT2D eigenvalue weighted by molar-refractivity contribution is 5.96. The fraction of sp³-hybridized carbons (Fsp3) is 0.333. The summed E-state index contributed by atoms with van der Waals surface area (Å²) in [6, 6.07) is 4.99. The summed E-state index contributed by atoms with van der Waals surface area (Å²) in [4.78, 5) is 23.7. The number of nitrogens with one attached hydrogen (secondary N) is 1. The number of amides is 1. The molecule has 0 aromatic heterocycles. The molecule has 0 unspecified atom stereocenters. The predicted molar refractivity (Wildman–Crippen MR) is 71.0 cm³/mol. The lowest BCUT2D eigenvalue weighted by atomic mass is 9.82. The summed E-state index contributed by atoms with van der Waals surface area (Å²) in [5.74, 6) is -2.31. The van der Waals surface area contributed by atoms with Crippen LogP contribution in [0.2, 0.25) is 0 Å². The Morgan fingerprint density at radius 1 is 1.09 bits per heavy atom. The van der Waals surface area contributed by atoms with Gasteiger partial charge < -0.3 is 29.4 Å². The van der Waals surface area contributed by atoms with Crippen LogP contribution < -0.4 is 19.9 Å². The lowest BCUT2D eigenvalue weighted by Crippen LogP contribution is -2.45. The molecule has 1 aromatic rings. The maximum absolute atomic E-state index is 12.4. The van der Waals surface area contributed by atoms with E-state index in [9.17, 15) is 14.7 Å². The van der Waals surface area contributed by atoms with E-state index in [1.54, 1.807) is 30.4 Å². The SMILES string of the molecule is O=C(Nc1ccc2c(c1)OCO2)[C@@H]1[C@@H](C(=O)[O-])[C@H]2C=C[C@@H]1O2. The van der Waals surface area contributed by atoms with E-state index in [2.05, 4.69) is 5.32 Å². The molecule has 1 aromatic carbocycles. The fourth-order valence-electron chi connectivity index (χ4n) is 3.10. The van der Waals surface area contributed by atoms with Gasteiger partial charge in [0.25, 0.3) is 0 Å². The van der Waals surface area contributed by atoms with Crippen LogP contribution in [0, 0.1) is 11.8 Å². The van der Waals surface area contributed by atoms with Crippen LogP contribution in [-0.2, 0) is 14.3 Å². The highest BCUT2D eigenvalue weighted by Crippen LogP contribution is 2.40. The van der Waals surface area contributed by atoms with Gasteiger partial charge in [0.05, 0.1) is 18.1 Å². The van der Waals surface area contributed by atoms with Crippen LogP contribution >= 0.6 is 0 Å². The van der Waals surface area contributed by atoms with E-state index in [1.807, 2.05) is 0 Å². The second-order valence-electron chi connectivity index (χ2n) is 5.38. The summed E-state index contributed by atoms with van der Waals surface area (Å²) >= 11 is 0. The van der Waals surface area contributed by atoms with E-state index < -0.39 is 35.9 Å². The van der Waals surface area contributed by atoms with Crippen molar-refractivity contribution < 1.29 is 28.9 Å². The number of benzene rings is 1. The Morgan fingerprint density at radius 3 is 2.59 bits per heavy atom. The third-order valence-electron chi connectivity index (χ3n) is 4.11. The predicted octanol–water partition coefficient (Wildman–Crippen LogP) is -0.327. The summed E-state index contributed by atoms with van der Waals surface area (Å²) in [6.45, 7) is 0.143. The van der Waals surface area contributed by atoms with Gasteiger partial charge in [0, 0.05) is 23.6 Å². The molecular weight excluding hydrogens is 290 g/mol. The summed E-state index contributed by atoms with van der Waals surface area (Å²) in [5, 5.41) is 14.0. The van der Waals surface area contributed by atoms with Crippen molar-refractivity contribution in [3.05, 3.63) is 30.4 Å². The van der Waals surface area contributed by atoms with E-state index >= 15 is 0 Å². The van der Waals surface area contributed by atoms with E-state index in [0.29, 0.717) is 17.2 Å². The zero-order valence-electron chi connectivity index (χ0n) is 11.4. The van der Waals surface area contributed by atoms with Crippen molar-refractivity contribution in [1.82, 2.24) is 0 Å². The Labute approximate surface area is 125 Å². The first-order chi connectivity index (χ1) is 10.6. The maximum Gasteiger partial charge on any atom is 0.231 e. The van der Waals surface area contributed by atoms with Crippen LogP contribution in [0.1, 0.15) is 0 Å². The zero-order valence-corrected chi connectivity index (χ0v) is 11.4. The molecule has 2 bridgehead atoms. The monoisotopic (exact) mass is 302 g/mol. The van der Waals surface area contributed by atoms with Crippen LogP contribution in [0.25, 0.3) is 0 Å². The molecule has 22 heavy (non-hydrogen) atoms. The van der Waals surface area contributed by atoms with Gasteiger partial charge in [-0.25, -0.2) is 0 Å². The molecule has 1 amide bonds. The third-order valence-corrected chi connectivity index (χ3v) is 4.11. The first kappa shape index (κ1) is 13.1. The van der Waals surface area contributed by atoms with Gasteiger partial charge in [-0.1, -0.05) is 12.2 Å². The Balaban J connectivity index is 1.55. The molecule has 0 radical (unpaired) electrons. The second-order valence-corrected chi connectivity index (χ2v) is 5.38. The van der Waals surface area contributed by atoms with Crippen LogP contribution in [0.5, 0.6) is 11.5 Å². The lowest BCUT2D eigenvalue weighted by Gasteiger charge is -2.24. The minimum Gasteiger partial charge on any atom is -0.550 e. The Bertz CT molecular complexity index is 685. The molecule has 0 aliphatic carbocycles. The van der Waals surface area contributed by atoms with Crippen molar-refractivity contribution in [3.63, 3.8) is 0 Å². The van der Waals surface area contributed by atoms with Crippen molar-refractivity contribution in [3.8, 4) is 11.5 Å². The number of anilines is 1. The first-order valence-corrected chi connectivity index (χ1v) is 6.88. The van der Waals surface area contributed by atoms with E-state index in [0.717, 1.165) is 0 Å². The minimum absolute atomic E-state index is 0.143. The number of hydrogen-bond donors (Lipinski definition) is 1. The number of rotatable bonds is 3. The summed E-state index contributed by atoms with van der Waals surface area (Å²) in [7, 11) is 0. The standard InChI is InChI=1S/C15H13NO6/c17-14(12-9-3-4-10(22-9)13(12)15(18)19)16-7-1-2-8-11(5-7)21-6-20-8/h1-5,9-10,12-13H,6H2,(H,16,17)(H,18,19)/p-1/t9-,10+,12-,13-/m0/s1. The van der Waals surface area contributed by atoms with Gasteiger partial charge in [0.2, 0.25) is 12.7 Å². The molecule has 3 heterocycles. The second kappa shape index (κ2) is 4.74. The summed E-state index contributed by atoms with van der Waals surface area (Å²) < 4.78 is 15.9. The van der Waals surface area contributed by atoms with Crippen molar-refractivity contribution in [1.29, 1.82) is 0 Å². The maximum atomic E-state index is 12.4. The normalized spacial score (nSPS) is 30.5. The number of carbonyl (C=O) groups excluding carboxylic acids is 2. The average Bonchev–Trinajstić information content (AvgIpc) is 3.20. The molecule has 7 nitrogen and oxygen atoms in total. The molecule has 0 saturated carbocycles. The van der Waals surface area contributed by atoms with Gasteiger partial charge in [0.15, 0.2) is 11.5 Å². The molecule has 4 atom stereocenters. The number of hydrogen-bond acceptors (Lipinski definition) is 6.